The summed E-state index contributed by atoms with van der Waals surface area (Å²) in [6.45, 7) is 0.399. The van der Waals surface area contributed by atoms with Crippen molar-refractivity contribution < 1.29 is 23.5 Å². The van der Waals surface area contributed by atoms with Crippen LogP contribution in [0.15, 0.2) is 77.3 Å². The second kappa shape index (κ2) is 14.3. The lowest BCUT2D eigenvalue weighted by molar-refractivity contribution is -0.138. The molecule has 3 rings (SSSR count). The Kier molecular flexibility index (Phi) is 11.1. The minimum absolute atomic E-state index is 0.0892. The van der Waals surface area contributed by atoms with E-state index in [1.807, 2.05) is 36.4 Å². The van der Waals surface area contributed by atoms with E-state index in [-0.39, 0.29) is 12.3 Å². The Bertz CT molecular complexity index is 1210. The average Bonchev–Trinajstić information content (AvgIpc) is 2.88. The standard InChI is InChI=1S/C27H28BrClN2O5S/c28-22-11-7-20(8-12-22)21-9-15-24(16-10-21)31(37(35)36)25(27(33)34)3-1-2-18-30-26(32)17-6-19-4-13-23(29)14-5-19/h4-5,7-16,25H,1-3,6,17-18H2,(H,30,32)(H,33,34)(H,35,36). The molecule has 0 heterocycles. The summed E-state index contributed by atoms with van der Waals surface area (Å²) in [5.74, 6) is -1.28. The van der Waals surface area contributed by atoms with Crippen molar-refractivity contribution in [3.63, 3.8) is 0 Å². The number of halogens is 2. The van der Waals surface area contributed by atoms with Gasteiger partial charge in [-0.1, -0.05) is 63.9 Å². The summed E-state index contributed by atoms with van der Waals surface area (Å²) in [6.07, 6.45) is 2.09. The van der Waals surface area contributed by atoms with Crippen molar-refractivity contribution in [1.82, 2.24) is 5.32 Å². The highest BCUT2D eigenvalue weighted by Gasteiger charge is 2.29. The molecule has 1 amide bonds. The minimum Gasteiger partial charge on any atom is -0.480 e. The molecule has 0 radical (unpaired) electrons. The number of anilines is 1. The molecule has 0 saturated carbocycles. The highest BCUT2D eigenvalue weighted by atomic mass is 79.9. The van der Waals surface area contributed by atoms with Crippen LogP contribution in [0.4, 0.5) is 5.69 Å². The Morgan fingerprint density at radius 3 is 2.11 bits per heavy atom. The van der Waals surface area contributed by atoms with Crippen molar-refractivity contribution >= 4 is 56.4 Å². The molecule has 2 atom stereocenters. The molecule has 10 heteroatoms. The van der Waals surface area contributed by atoms with Gasteiger partial charge < -0.3 is 10.4 Å². The Balaban J connectivity index is 1.51. The SMILES string of the molecule is O=C(CCc1ccc(Cl)cc1)NCCCCC(C(=O)O)N(c1ccc(-c2ccc(Br)cc2)cc1)S(=O)O. The molecule has 0 saturated heterocycles. The Morgan fingerprint density at radius 2 is 1.54 bits per heavy atom. The lowest BCUT2D eigenvalue weighted by Crippen LogP contribution is -2.42. The quantitative estimate of drug-likeness (QED) is 0.161. The van der Waals surface area contributed by atoms with E-state index >= 15 is 0 Å². The molecule has 7 nitrogen and oxygen atoms in total. The first kappa shape index (κ1) is 28.8. The van der Waals surface area contributed by atoms with Gasteiger partial charge in [-0.25, -0.2) is 9.00 Å². The van der Waals surface area contributed by atoms with Crippen LogP contribution < -0.4 is 9.62 Å². The molecule has 2 unspecified atom stereocenters. The zero-order valence-corrected chi connectivity index (χ0v) is 23.1. The number of aliphatic carboxylic acids is 1. The number of carbonyl (C=O) groups excluding carboxylic acids is 1. The van der Waals surface area contributed by atoms with Crippen LogP contribution >= 0.6 is 27.5 Å². The van der Waals surface area contributed by atoms with E-state index in [0.29, 0.717) is 42.9 Å². The van der Waals surface area contributed by atoms with Crippen molar-refractivity contribution in [3.05, 3.63) is 87.9 Å². The molecule has 0 bridgehead atoms. The Labute approximate surface area is 232 Å². The number of carbonyl (C=O) groups is 2. The van der Waals surface area contributed by atoms with E-state index in [2.05, 4.69) is 21.2 Å². The third kappa shape index (κ3) is 8.96. The van der Waals surface area contributed by atoms with Gasteiger partial charge in [-0.05, 0) is 78.8 Å². The number of amides is 1. The van der Waals surface area contributed by atoms with Gasteiger partial charge in [-0.2, -0.15) is 0 Å². The normalized spacial score (nSPS) is 12.5. The number of carboxylic acid groups (broad SMARTS) is 1. The molecular weight excluding hydrogens is 580 g/mol. The van der Waals surface area contributed by atoms with Gasteiger partial charge in [-0.15, -0.1) is 0 Å². The second-order valence-electron chi connectivity index (χ2n) is 8.44. The fraction of sp³-hybridized carbons (Fsp3) is 0.259. The van der Waals surface area contributed by atoms with E-state index in [1.165, 1.54) is 0 Å². The maximum Gasteiger partial charge on any atom is 0.327 e. The number of rotatable bonds is 13. The van der Waals surface area contributed by atoms with Crippen molar-refractivity contribution in [1.29, 1.82) is 0 Å². The molecule has 0 aliphatic heterocycles. The molecule has 3 aromatic carbocycles. The third-order valence-electron chi connectivity index (χ3n) is 5.82. The fourth-order valence-corrected chi connectivity index (χ4v) is 4.96. The van der Waals surface area contributed by atoms with Crippen LogP contribution in [0.25, 0.3) is 11.1 Å². The first-order valence-corrected chi connectivity index (χ1v) is 14.0. The Morgan fingerprint density at radius 1 is 0.946 bits per heavy atom. The fourth-order valence-electron chi connectivity index (χ4n) is 3.85. The number of carboxylic acids is 1. The smallest absolute Gasteiger partial charge is 0.327 e. The van der Waals surface area contributed by atoms with Crippen LogP contribution in [0, 0.1) is 0 Å². The molecule has 3 N–H and O–H groups in total. The molecule has 0 aromatic heterocycles. The first-order chi connectivity index (χ1) is 17.7. The number of hydrogen-bond acceptors (Lipinski definition) is 3. The average molecular weight is 608 g/mol. The van der Waals surface area contributed by atoms with Gasteiger partial charge >= 0.3 is 5.97 Å². The van der Waals surface area contributed by atoms with Crippen LogP contribution in [-0.4, -0.2) is 38.3 Å². The van der Waals surface area contributed by atoms with Gasteiger partial charge in [-0.3, -0.25) is 13.7 Å². The number of nitrogens with zero attached hydrogens (tertiary/aromatic N) is 1. The molecule has 0 aliphatic carbocycles. The molecule has 0 aliphatic rings. The van der Waals surface area contributed by atoms with Crippen molar-refractivity contribution in [2.75, 3.05) is 10.8 Å². The van der Waals surface area contributed by atoms with E-state index in [0.717, 1.165) is 25.5 Å². The molecule has 196 valence electrons. The summed E-state index contributed by atoms with van der Waals surface area (Å²) in [7, 11) is 0. The number of benzene rings is 3. The van der Waals surface area contributed by atoms with Gasteiger partial charge in [0.05, 0.1) is 5.69 Å². The van der Waals surface area contributed by atoms with Gasteiger partial charge in [0, 0.05) is 22.5 Å². The Hall–Kier alpha value is -2.72. The van der Waals surface area contributed by atoms with E-state index in [1.54, 1.807) is 36.4 Å². The predicted octanol–water partition coefficient (Wildman–Crippen LogP) is 6.09. The third-order valence-corrected chi connectivity index (χ3v) is 7.40. The summed E-state index contributed by atoms with van der Waals surface area (Å²) in [4.78, 5) is 24.1. The molecular formula is C27H28BrClN2O5S. The maximum absolute atomic E-state index is 12.1. The zero-order chi connectivity index (χ0) is 26.8. The highest BCUT2D eigenvalue weighted by Crippen LogP contribution is 2.27. The second-order valence-corrected chi connectivity index (χ2v) is 10.6. The topological polar surface area (TPSA) is 107 Å². The number of unbranched alkanes of at least 4 members (excludes halogenated alkanes) is 1. The van der Waals surface area contributed by atoms with E-state index in [9.17, 15) is 23.5 Å². The van der Waals surface area contributed by atoms with Crippen LogP contribution in [-0.2, 0) is 27.3 Å². The van der Waals surface area contributed by atoms with Gasteiger partial charge in [0.1, 0.15) is 6.04 Å². The van der Waals surface area contributed by atoms with Crippen LogP contribution in [0.5, 0.6) is 0 Å². The molecule has 0 fully saturated rings. The highest BCUT2D eigenvalue weighted by molar-refractivity contribution is 9.10. The van der Waals surface area contributed by atoms with Crippen molar-refractivity contribution in [3.8, 4) is 11.1 Å². The van der Waals surface area contributed by atoms with Gasteiger partial charge in [0.25, 0.3) is 11.3 Å². The molecule has 37 heavy (non-hydrogen) atoms. The lowest BCUT2D eigenvalue weighted by Gasteiger charge is -2.27. The summed E-state index contributed by atoms with van der Waals surface area (Å²) in [6, 6.07) is 20.7. The predicted molar refractivity (Wildman–Crippen MR) is 151 cm³/mol. The molecule has 3 aromatic rings. The van der Waals surface area contributed by atoms with Gasteiger partial charge in [0.15, 0.2) is 0 Å². The largest absolute Gasteiger partial charge is 0.480 e. The van der Waals surface area contributed by atoms with E-state index in [4.69, 9.17) is 11.6 Å². The van der Waals surface area contributed by atoms with Gasteiger partial charge in [0.2, 0.25) is 5.91 Å². The van der Waals surface area contributed by atoms with Crippen LogP contribution in [0.1, 0.15) is 31.2 Å². The summed E-state index contributed by atoms with van der Waals surface area (Å²) in [5.41, 5.74) is 3.23. The summed E-state index contributed by atoms with van der Waals surface area (Å²) >= 11 is 6.74. The van der Waals surface area contributed by atoms with E-state index < -0.39 is 23.3 Å². The van der Waals surface area contributed by atoms with Crippen molar-refractivity contribution in [2.45, 2.75) is 38.1 Å². The first-order valence-electron chi connectivity index (χ1n) is 11.7. The zero-order valence-electron chi connectivity index (χ0n) is 20.0. The van der Waals surface area contributed by atoms with Crippen LogP contribution in [0.2, 0.25) is 5.02 Å². The van der Waals surface area contributed by atoms with Crippen LogP contribution in [0.3, 0.4) is 0 Å². The summed E-state index contributed by atoms with van der Waals surface area (Å²) < 4.78 is 24.0. The lowest BCUT2D eigenvalue weighted by atomic mass is 10.0. The number of hydrogen-bond donors (Lipinski definition) is 3. The molecule has 0 spiro atoms. The summed E-state index contributed by atoms with van der Waals surface area (Å²) in [5, 5.41) is 13.3. The number of nitrogens with one attached hydrogen (secondary N) is 1. The monoisotopic (exact) mass is 606 g/mol. The van der Waals surface area contributed by atoms with Crippen molar-refractivity contribution in [2.24, 2.45) is 0 Å². The minimum atomic E-state index is -2.53. The number of aryl methyl sites for hydroxylation is 1. The maximum atomic E-state index is 12.1.